The third-order valence-electron chi connectivity index (χ3n) is 8.01. The predicted octanol–water partition coefficient (Wildman–Crippen LogP) is 2.48. The number of aliphatic carboxylic acids is 1. The lowest BCUT2D eigenvalue weighted by molar-refractivity contribution is -0.142. The maximum atomic E-state index is 11.9. The van der Waals surface area contributed by atoms with Crippen LogP contribution in [0.4, 0.5) is 0 Å². The van der Waals surface area contributed by atoms with Crippen molar-refractivity contribution in [3.8, 4) is 11.5 Å². The molecule has 28 heavy (non-hydrogen) atoms. The Morgan fingerprint density at radius 1 is 1.32 bits per heavy atom. The number of thiol groups is 1. The molecular weight excluding hydrogens is 378 g/mol. The standard InChI is InChI=1S/C21H29NO5S/c1-20-7-6-10-11(14(20)4-5-16(20)24)2-3-12-13(10)8-15(23)18(25)17(12)21(22,9-28)19(26)27/h8,10-11,14,16,23-25,28H,2-7,9,22H2,1H3,(H,26,27)/t10-,11+,14-,16-,20-,21?/m0/s1. The van der Waals surface area contributed by atoms with Gasteiger partial charge in [0.05, 0.1) is 6.10 Å². The van der Waals surface area contributed by atoms with Gasteiger partial charge < -0.3 is 26.2 Å². The van der Waals surface area contributed by atoms with Crippen molar-refractivity contribution in [2.75, 3.05) is 5.75 Å². The van der Waals surface area contributed by atoms with Crippen molar-refractivity contribution < 1.29 is 25.2 Å². The van der Waals surface area contributed by atoms with Gasteiger partial charge in [-0.15, -0.1) is 0 Å². The van der Waals surface area contributed by atoms with Crippen LogP contribution >= 0.6 is 12.6 Å². The fourth-order valence-corrected chi connectivity index (χ4v) is 6.71. The van der Waals surface area contributed by atoms with Crippen molar-refractivity contribution in [2.24, 2.45) is 23.0 Å². The number of benzene rings is 1. The molecule has 1 aromatic carbocycles. The molecule has 0 amide bonds. The highest BCUT2D eigenvalue weighted by molar-refractivity contribution is 7.80. The molecule has 0 spiro atoms. The minimum Gasteiger partial charge on any atom is -0.504 e. The number of phenolic OH excluding ortho intramolecular Hbond substituents is 2. The van der Waals surface area contributed by atoms with Gasteiger partial charge >= 0.3 is 5.97 Å². The first-order chi connectivity index (χ1) is 13.1. The highest BCUT2D eigenvalue weighted by Gasteiger charge is 2.55. The number of nitrogens with two attached hydrogens (primary N) is 1. The zero-order valence-corrected chi connectivity index (χ0v) is 17.0. The van der Waals surface area contributed by atoms with Gasteiger partial charge in [0.1, 0.15) is 0 Å². The van der Waals surface area contributed by atoms with Crippen LogP contribution in [0.3, 0.4) is 0 Å². The number of aliphatic hydroxyl groups excluding tert-OH is 1. The summed E-state index contributed by atoms with van der Waals surface area (Å²) >= 11 is 4.14. The van der Waals surface area contributed by atoms with Gasteiger partial charge in [-0.25, -0.2) is 4.79 Å². The van der Waals surface area contributed by atoms with Gasteiger partial charge in [-0.05, 0) is 78.9 Å². The molecule has 7 heteroatoms. The number of hydrogen-bond acceptors (Lipinski definition) is 6. The monoisotopic (exact) mass is 407 g/mol. The van der Waals surface area contributed by atoms with Gasteiger partial charge in [0.15, 0.2) is 17.0 Å². The van der Waals surface area contributed by atoms with Gasteiger partial charge in [0.2, 0.25) is 0 Å². The average Bonchev–Trinajstić information content (AvgIpc) is 2.97. The van der Waals surface area contributed by atoms with E-state index in [0.717, 1.165) is 43.2 Å². The van der Waals surface area contributed by atoms with Gasteiger partial charge in [0, 0.05) is 11.3 Å². The molecule has 0 saturated heterocycles. The molecule has 0 bridgehead atoms. The number of hydrogen-bond donors (Lipinski definition) is 6. The van der Waals surface area contributed by atoms with E-state index in [1.807, 2.05) is 0 Å². The minimum absolute atomic E-state index is 0.0652. The highest BCUT2D eigenvalue weighted by Crippen LogP contribution is 2.62. The molecule has 6 atom stereocenters. The van der Waals surface area contributed by atoms with Crippen LogP contribution in [-0.2, 0) is 16.8 Å². The van der Waals surface area contributed by atoms with Crippen LogP contribution in [0.2, 0.25) is 0 Å². The topological polar surface area (TPSA) is 124 Å². The Morgan fingerprint density at radius 3 is 2.68 bits per heavy atom. The van der Waals surface area contributed by atoms with E-state index in [-0.39, 0.29) is 34.5 Å². The Bertz CT molecular complexity index is 830. The normalized spacial score (nSPS) is 36.1. The van der Waals surface area contributed by atoms with E-state index < -0.39 is 17.3 Å². The first-order valence-corrected chi connectivity index (χ1v) is 10.7. The van der Waals surface area contributed by atoms with E-state index in [1.54, 1.807) is 6.07 Å². The highest BCUT2D eigenvalue weighted by atomic mass is 32.1. The molecule has 3 aliphatic carbocycles. The van der Waals surface area contributed by atoms with Gasteiger partial charge in [-0.1, -0.05) is 6.92 Å². The molecule has 3 aliphatic rings. The number of carbonyl (C=O) groups is 1. The molecule has 0 aliphatic heterocycles. The minimum atomic E-state index is -1.87. The number of carboxylic acids is 1. The summed E-state index contributed by atoms with van der Waals surface area (Å²) in [7, 11) is 0. The quantitative estimate of drug-likeness (QED) is 0.338. The summed E-state index contributed by atoms with van der Waals surface area (Å²) in [6, 6.07) is 1.60. The summed E-state index contributed by atoms with van der Waals surface area (Å²) in [4.78, 5) is 11.9. The number of fused-ring (bicyclic) bond motifs is 5. The fraction of sp³-hybridized carbons (Fsp3) is 0.667. The van der Waals surface area contributed by atoms with Crippen molar-refractivity contribution in [3.63, 3.8) is 0 Å². The Balaban J connectivity index is 1.84. The fourth-order valence-electron chi connectivity index (χ4n) is 6.41. The first-order valence-electron chi connectivity index (χ1n) is 10.0. The second kappa shape index (κ2) is 6.54. The number of rotatable bonds is 3. The van der Waals surface area contributed by atoms with E-state index in [2.05, 4.69) is 19.6 Å². The Kier molecular flexibility index (Phi) is 4.64. The molecule has 2 fully saturated rings. The molecule has 6 nitrogen and oxygen atoms in total. The first kappa shape index (κ1) is 19.9. The SMILES string of the molecule is C[C@]12CC[C@@H]3c4cc(O)c(O)c(C(N)(CS)C(=O)O)c4CC[C@H]3[C@@H]1CC[C@@H]2O. The lowest BCUT2D eigenvalue weighted by Crippen LogP contribution is -2.49. The molecule has 1 aromatic rings. The summed E-state index contributed by atoms with van der Waals surface area (Å²) < 4.78 is 0. The number of aliphatic hydroxyl groups is 1. The second-order valence-electron chi connectivity index (χ2n) is 9.17. The summed E-state index contributed by atoms with van der Waals surface area (Å²) in [5.41, 5.74) is 5.99. The van der Waals surface area contributed by atoms with Crippen LogP contribution in [0.1, 0.15) is 61.6 Å². The molecule has 154 valence electrons. The lowest BCUT2D eigenvalue weighted by atomic mass is 9.55. The number of phenols is 2. The maximum Gasteiger partial charge on any atom is 0.329 e. The largest absolute Gasteiger partial charge is 0.504 e. The van der Waals surface area contributed by atoms with Crippen molar-refractivity contribution >= 4 is 18.6 Å². The molecule has 0 radical (unpaired) electrons. The zero-order chi connectivity index (χ0) is 20.4. The lowest BCUT2D eigenvalue weighted by Gasteiger charge is -2.50. The Labute approximate surface area is 170 Å². The van der Waals surface area contributed by atoms with E-state index in [1.165, 1.54) is 0 Å². The van der Waals surface area contributed by atoms with E-state index >= 15 is 0 Å². The van der Waals surface area contributed by atoms with Crippen molar-refractivity contribution in [2.45, 2.75) is 63.0 Å². The predicted molar refractivity (Wildman–Crippen MR) is 108 cm³/mol. The summed E-state index contributed by atoms with van der Waals surface area (Å²) in [5, 5.41) is 41.2. The van der Waals surface area contributed by atoms with Crippen molar-refractivity contribution in [1.29, 1.82) is 0 Å². The summed E-state index contributed by atoms with van der Waals surface area (Å²) in [6.45, 7) is 2.19. The van der Waals surface area contributed by atoms with Crippen LogP contribution < -0.4 is 5.73 Å². The maximum absolute atomic E-state index is 11.9. The van der Waals surface area contributed by atoms with Crippen LogP contribution in [0.15, 0.2) is 6.07 Å². The molecule has 1 unspecified atom stereocenters. The Morgan fingerprint density at radius 2 is 2.04 bits per heavy atom. The zero-order valence-electron chi connectivity index (χ0n) is 16.1. The number of carboxylic acid groups (broad SMARTS) is 1. The van der Waals surface area contributed by atoms with Gasteiger partial charge in [0.25, 0.3) is 0 Å². The number of aromatic hydroxyl groups is 2. The van der Waals surface area contributed by atoms with E-state index in [4.69, 9.17) is 5.73 Å². The summed E-state index contributed by atoms with van der Waals surface area (Å²) in [5.74, 6) is -1.26. The molecule has 4 rings (SSSR count). The van der Waals surface area contributed by atoms with Crippen LogP contribution in [0.5, 0.6) is 11.5 Å². The van der Waals surface area contributed by atoms with Crippen LogP contribution in [-0.4, -0.2) is 38.3 Å². The smallest absolute Gasteiger partial charge is 0.329 e. The average molecular weight is 408 g/mol. The van der Waals surface area contributed by atoms with Gasteiger partial charge in [-0.2, -0.15) is 12.6 Å². The van der Waals surface area contributed by atoms with Gasteiger partial charge in [-0.3, -0.25) is 0 Å². The van der Waals surface area contributed by atoms with E-state index in [0.29, 0.717) is 18.3 Å². The third-order valence-corrected chi connectivity index (χ3v) is 8.51. The molecule has 6 N–H and O–H groups in total. The molecular formula is C21H29NO5S. The van der Waals surface area contributed by atoms with E-state index in [9.17, 15) is 25.2 Å². The molecule has 2 saturated carbocycles. The van der Waals surface area contributed by atoms with Crippen LogP contribution in [0, 0.1) is 17.3 Å². The Hall–Kier alpha value is -1.44. The molecule has 0 aromatic heterocycles. The third kappa shape index (κ3) is 2.52. The molecule has 0 heterocycles. The van der Waals surface area contributed by atoms with Crippen molar-refractivity contribution in [3.05, 3.63) is 22.8 Å². The second-order valence-corrected chi connectivity index (χ2v) is 9.49. The van der Waals surface area contributed by atoms with Crippen molar-refractivity contribution in [1.82, 2.24) is 0 Å². The van der Waals surface area contributed by atoms with Crippen LogP contribution in [0.25, 0.3) is 0 Å². The summed E-state index contributed by atoms with van der Waals surface area (Å²) in [6.07, 6.45) is 4.79.